The molecule has 0 saturated carbocycles. The number of nitrogens with one attached hydrogen (secondary N) is 1. The van der Waals surface area contributed by atoms with Gasteiger partial charge in [0.15, 0.2) is 5.78 Å². The van der Waals surface area contributed by atoms with Crippen LogP contribution >= 0.6 is 11.6 Å². The van der Waals surface area contributed by atoms with Gasteiger partial charge in [-0.15, -0.1) is 0 Å². The molecule has 0 unspecified atom stereocenters. The van der Waals surface area contributed by atoms with Crippen LogP contribution < -0.4 is 10.1 Å². The number of ether oxygens (including phenoxy) is 1. The maximum atomic E-state index is 13.2. The summed E-state index contributed by atoms with van der Waals surface area (Å²) in [7, 11) is 0. The molecular weight excluding hydrogens is 372 g/mol. The lowest BCUT2D eigenvalue weighted by Crippen LogP contribution is -2.26. The number of para-hydroxylation sites is 2. The molecule has 3 rings (SSSR count). The Hall–Kier alpha value is -2.72. The van der Waals surface area contributed by atoms with E-state index in [-0.39, 0.29) is 11.8 Å². The Labute approximate surface area is 171 Å². The Balaban J connectivity index is 1.87. The zero-order chi connectivity index (χ0) is 20.3. The van der Waals surface area contributed by atoms with Gasteiger partial charge in [0.25, 0.3) is 0 Å². The van der Waals surface area contributed by atoms with Gasteiger partial charge in [-0.3, -0.25) is 4.79 Å². The monoisotopic (exact) mass is 396 g/mol. The van der Waals surface area contributed by atoms with Crippen LogP contribution in [0.2, 0.25) is 5.02 Å². The summed E-state index contributed by atoms with van der Waals surface area (Å²) in [5.41, 5.74) is 4.43. The SMILES string of the molecule is CCOc1ccccc1N[C@@H](C)C(=O)c1cc(C)n(-c2ccc(Cl)cc2)c1C. The first-order valence-electron chi connectivity index (χ1n) is 9.39. The lowest BCUT2D eigenvalue weighted by Gasteiger charge is -2.17. The Kier molecular flexibility index (Phi) is 6.10. The molecule has 1 atom stereocenters. The second kappa shape index (κ2) is 8.53. The van der Waals surface area contributed by atoms with E-state index in [1.54, 1.807) is 0 Å². The summed E-state index contributed by atoms with van der Waals surface area (Å²) < 4.78 is 7.72. The third-order valence-corrected chi connectivity index (χ3v) is 4.99. The number of rotatable bonds is 7. The van der Waals surface area contributed by atoms with E-state index in [2.05, 4.69) is 9.88 Å². The second-order valence-corrected chi connectivity index (χ2v) is 7.19. The van der Waals surface area contributed by atoms with E-state index >= 15 is 0 Å². The maximum Gasteiger partial charge on any atom is 0.186 e. The van der Waals surface area contributed by atoms with E-state index in [9.17, 15) is 4.79 Å². The third-order valence-electron chi connectivity index (χ3n) is 4.73. The van der Waals surface area contributed by atoms with Crippen LogP contribution in [0.4, 0.5) is 5.69 Å². The van der Waals surface area contributed by atoms with E-state index in [1.165, 1.54) is 0 Å². The average molecular weight is 397 g/mol. The molecule has 3 aromatic rings. The standard InChI is InChI=1S/C23H25ClN2O2/c1-5-28-22-9-7-6-8-21(22)25-16(3)23(27)20-14-15(2)26(17(20)4)19-12-10-18(24)11-13-19/h6-14,16,25H,5H2,1-4H3/t16-/m0/s1. The second-order valence-electron chi connectivity index (χ2n) is 6.76. The summed E-state index contributed by atoms with van der Waals surface area (Å²) in [5.74, 6) is 0.788. The van der Waals surface area contributed by atoms with Gasteiger partial charge in [0.05, 0.1) is 18.3 Å². The zero-order valence-electron chi connectivity index (χ0n) is 16.6. The van der Waals surface area contributed by atoms with Gasteiger partial charge in [-0.1, -0.05) is 23.7 Å². The van der Waals surface area contributed by atoms with Gasteiger partial charge in [0.2, 0.25) is 0 Å². The molecule has 1 aromatic heterocycles. The molecular formula is C23H25ClN2O2. The van der Waals surface area contributed by atoms with Crippen LogP contribution in [-0.2, 0) is 0 Å². The molecule has 0 radical (unpaired) electrons. The number of carbonyl (C=O) groups excluding carboxylic acids is 1. The number of Topliss-reactive ketones (excluding diaryl/α,β-unsaturated/α-hetero) is 1. The van der Waals surface area contributed by atoms with Crippen molar-refractivity contribution < 1.29 is 9.53 Å². The van der Waals surface area contributed by atoms with Crippen LogP contribution in [0, 0.1) is 13.8 Å². The maximum absolute atomic E-state index is 13.2. The first-order chi connectivity index (χ1) is 13.4. The Morgan fingerprint density at radius 1 is 1.14 bits per heavy atom. The van der Waals surface area contributed by atoms with E-state index < -0.39 is 0 Å². The van der Waals surface area contributed by atoms with Crippen LogP contribution in [0.5, 0.6) is 5.75 Å². The van der Waals surface area contributed by atoms with E-state index in [0.717, 1.165) is 28.5 Å². The van der Waals surface area contributed by atoms with Gasteiger partial charge in [0, 0.05) is 27.7 Å². The van der Waals surface area contributed by atoms with Crippen molar-refractivity contribution in [2.45, 2.75) is 33.7 Å². The summed E-state index contributed by atoms with van der Waals surface area (Å²) >= 11 is 6.01. The van der Waals surface area contributed by atoms with E-state index in [0.29, 0.717) is 17.2 Å². The molecule has 0 aliphatic carbocycles. The molecule has 146 valence electrons. The first kappa shape index (κ1) is 20.0. The molecule has 1 heterocycles. The lowest BCUT2D eigenvalue weighted by atomic mass is 10.1. The van der Waals surface area contributed by atoms with Crippen LogP contribution in [0.25, 0.3) is 5.69 Å². The summed E-state index contributed by atoms with van der Waals surface area (Å²) in [6, 6.07) is 16.8. The Morgan fingerprint density at radius 2 is 1.82 bits per heavy atom. The number of aryl methyl sites for hydroxylation is 1. The van der Waals surface area contributed by atoms with Crippen LogP contribution in [0.3, 0.4) is 0 Å². The number of carbonyl (C=O) groups is 1. The molecule has 0 spiro atoms. The predicted octanol–water partition coefficient (Wildman–Crippen LogP) is 5.83. The highest BCUT2D eigenvalue weighted by Gasteiger charge is 2.22. The molecule has 28 heavy (non-hydrogen) atoms. The predicted molar refractivity (Wildman–Crippen MR) is 115 cm³/mol. The highest BCUT2D eigenvalue weighted by atomic mass is 35.5. The smallest absolute Gasteiger partial charge is 0.186 e. The Morgan fingerprint density at radius 3 is 2.50 bits per heavy atom. The molecule has 0 amide bonds. The van der Waals surface area contributed by atoms with E-state index in [1.807, 2.05) is 82.3 Å². The molecule has 4 nitrogen and oxygen atoms in total. The first-order valence-corrected chi connectivity index (χ1v) is 9.77. The fourth-order valence-electron chi connectivity index (χ4n) is 3.40. The van der Waals surface area contributed by atoms with Gasteiger partial charge < -0.3 is 14.6 Å². The molecule has 2 aromatic carbocycles. The fraction of sp³-hybridized carbons (Fsp3) is 0.261. The van der Waals surface area contributed by atoms with Crippen molar-refractivity contribution in [3.05, 3.63) is 76.6 Å². The highest BCUT2D eigenvalue weighted by molar-refractivity contribution is 6.30. The van der Waals surface area contributed by atoms with Crippen molar-refractivity contribution in [3.63, 3.8) is 0 Å². The number of halogens is 1. The normalized spacial score (nSPS) is 11.9. The molecule has 0 saturated heterocycles. The van der Waals surface area contributed by atoms with E-state index in [4.69, 9.17) is 16.3 Å². The largest absolute Gasteiger partial charge is 0.492 e. The molecule has 0 aliphatic rings. The van der Waals surface area contributed by atoms with Gasteiger partial charge >= 0.3 is 0 Å². The van der Waals surface area contributed by atoms with Gasteiger partial charge in [0.1, 0.15) is 5.75 Å². The van der Waals surface area contributed by atoms with Crippen molar-refractivity contribution >= 4 is 23.1 Å². The quantitative estimate of drug-likeness (QED) is 0.511. The molecule has 1 N–H and O–H groups in total. The summed E-state index contributed by atoms with van der Waals surface area (Å²) in [5, 5.41) is 3.98. The third kappa shape index (κ3) is 4.07. The topological polar surface area (TPSA) is 43.3 Å². The van der Waals surface area contributed by atoms with Gasteiger partial charge in [-0.05, 0) is 70.2 Å². The molecule has 0 bridgehead atoms. The number of anilines is 1. The van der Waals surface area contributed by atoms with Crippen molar-refractivity contribution in [2.24, 2.45) is 0 Å². The molecule has 0 fully saturated rings. The number of hydrogen-bond donors (Lipinski definition) is 1. The van der Waals surface area contributed by atoms with Crippen LogP contribution in [0.15, 0.2) is 54.6 Å². The molecule has 5 heteroatoms. The summed E-state index contributed by atoms with van der Waals surface area (Å²) in [6.45, 7) is 8.36. The average Bonchev–Trinajstić information content (AvgIpc) is 2.98. The van der Waals surface area contributed by atoms with Crippen LogP contribution in [-0.4, -0.2) is 23.0 Å². The number of ketones is 1. The number of benzene rings is 2. The van der Waals surface area contributed by atoms with Gasteiger partial charge in [-0.25, -0.2) is 0 Å². The van der Waals surface area contributed by atoms with Crippen LogP contribution in [0.1, 0.15) is 35.6 Å². The molecule has 0 aliphatic heterocycles. The highest BCUT2D eigenvalue weighted by Crippen LogP contribution is 2.27. The fourth-order valence-corrected chi connectivity index (χ4v) is 3.53. The van der Waals surface area contributed by atoms with Crippen molar-refractivity contribution in [3.8, 4) is 11.4 Å². The van der Waals surface area contributed by atoms with Crippen molar-refractivity contribution in [2.75, 3.05) is 11.9 Å². The Bertz CT molecular complexity index is 977. The van der Waals surface area contributed by atoms with Crippen molar-refractivity contribution in [1.82, 2.24) is 4.57 Å². The van der Waals surface area contributed by atoms with Crippen molar-refractivity contribution in [1.29, 1.82) is 0 Å². The lowest BCUT2D eigenvalue weighted by molar-refractivity contribution is 0.0975. The van der Waals surface area contributed by atoms with Gasteiger partial charge in [-0.2, -0.15) is 0 Å². The minimum absolute atomic E-state index is 0.0413. The summed E-state index contributed by atoms with van der Waals surface area (Å²) in [4.78, 5) is 13.2. The summed E-state index contributed by atoms with van der Waals surface area (Å²) in [6.07, 6.45) is 0. The minimum Gasteiger partial charge on any atom is -0.492 e. The number of aromatic nitrogens is 1. The number of nitrogens with zero attached hydrogens (tertiary/aromatic N) is 1. The zero-order valence-corrected chi connectivity index (χ0v) is 17.4. The minimum atomic E-state index is -0.388. The number of hydrogen-bond acceptors (Lipinski definition) is 3.